The Morgan fingerprint density at radius 1 is 0.917 bits per heavy atom. The molecule has 0 aliphatic rings. The van der Waals surface area contributed by atoms with Crippen LogP contribution in [0.3, 0.4) is 0 Å². The first-order valence-electron chi connectivity index (χ1n) is 5.46. The average Bonchev–Trinajstić information content (AvgIpc) is 2.10. The minimum Gasteiger partial charge on any atom is -0.0654 e. The van der Waals surface area contributed by atoms with E-state index in [4.69, 9.17) is 0 Å². The van der Waals surface area contributed by atoms with E-state index in [1.54, 1.807) is 12.3 Å². The van der Waals surface area contributed by atoms with Crippen LogP contribution in [0.1, 0.15) is 52.4 Å². The Labute approximate surface area is 81.7 Å². The summed E-state index contributed by atoms with van der Waals surface area (Å²) in [5, 5.41) is 0. The third-order valence-corrected chi connectivity index (χ3v) is 6.25. The van der Waals surface area contributed by atoms with Crippen LogP contribution in [0.2, 0.25) is 0 Å². The number of hydrogen-bond acceptors (Lipinski definition) is 0. The first-order valence-corrected chi connectivity index (χ1v) is 9.30. The van der Waals surface area contributed by atoms with Crippen LogP contribution in [0.25, 0.3) is 0 Å². The van der Waals surface area contributed by atoms with Gasteiger partial charge in [0.1, 0.15) is 0 Å². The molecular weight excluding hydrogens is 182 g/mol. The van der Waals surface area contributed by atoms with Gasteiger partial charge in [-0.15, -0.1) is 0 Å². The maximum absolute atomic E-state index is 2.30. The van der Waals surface area contributed by atoms with Crippen molar-refractivity contribution in [2.75, 3.05) is 12.3 Å². The number of unbranched alkanes of at least 4 members (excludes halogenated alkanes) is 4. The molecule has 0 fully saturated rings. The Kier molecular flexibility index (Phi) is 12.7. The van der Waals surface area contributed by atoms with Gasteiger partial charge in [-0.25, -0.2) is 0 Å². The molecule has 74 valence electrons. The van der Waals surface area contributed by atoms with Crippen LogP contribution in [0.5, 0.6) is 0 Å². The summed E-state index contributed by atoms with van der Waals surface area (Å²) < 4.78 is 0. The summed E-state index contributed by atoms with van der Waals surface area (Å²) in [5.74, 6) is 0. The van der Waals surface area contributed by atoms with Crippen molar-refractivity contribution in [1.29, 1.82) is 0 Å². The Bertz CT molecular complexity index is 64.2. The molecule has 12 heavy (non-hydrogen) atoms. The summed E-state index contributed by atoms with van der Waals surface area (Å²) in [4.78, 5) is 0. The molecule has 0 radical (unpaired) electrons. The molecule has 2 heteroatoms. The molecule has 2 unspecified atom stereocenters. The summed E-state index contributed by atoms with van der Waals surface area (Å²) in [5.41, 5.74) is 0. The van der Waals surface area contributed by atoms with Gasteiger partial charge < -0.3 is 0 Å². The molecule has 0 heterocycles. The van der Waals surface area contributed by atoms with Crippen molar-refractivity contribution in [1.82, 2.24) is 0 Å². The predicted octanol–water partition coefficient (Wildman–Crippen LogP) is 4.37. The molecule has 0 N–H and O–H groups in total. The summed E-state index contributed by atoms with van der Waals surface area (Å²) >= 11 is 0. The zero-order chi connectivity index (χ0) is 9.07. The fourth-order valence-electron chi connectivity index (χ4n) is 1.16. The predicted molar refractivity (Wildman–Crippen MR) is 66.8 cm³/mol. The standard InChI is InChI=1S/C10H24P2/c1-3-5-7-8-10-12-11-9-6-4-2/h11-12H,3-10H2,1-2H3/p+1. The van der Waals surface area contributed by atoms with Crippen molar-refractivity contribution in [3.05, 3.63) is 0 Å². The van der Waals surface area contributed by atoms with Crippen LogP contribution in [-0.2, 0) is 0 Å². The summed E-state index contributed by atoms with van der Waals surface area (Å²) in [6, 6.07) is 0. The van der Waals surface area contributed by atoms with Crippen molar-refractivity contribution in [3.8, 4) is 0 Å². The fourth-order valence-corrected chi connectivity index (χ4v) is 5.09. The summed E-state index contributed by atoms with van der Waals surface area (Å²) in [6.07, 6.45) is 11.8. The van der Waals surface area contributed by atoms with E-state index in [2.05, 4.69) is 13.8 Å². The van der Waals surface area contributed by atoms with E-state index in [0.29, 0.717) is 0 Å². The molecule has 0 spiro atoms. The van der Waals surface area contributed by atoms with Gasteiger partial charge >= 0.3 is 0 Å². The number of rotatable bonds is 9. The molecule has 0 aromatic carbocycles. The van der Waals surface area contributed by atoms with E-state index < -0.39 is 0 Å². The van der Waals surface area contributed by atoms with Crippen molar-refractivity contribution in [2.24, 2.45) is 0 Å². The molecule has 0 aliphatic heterocycles. The van der Waals surface area contributed by atoms with E-state index >= 15 is 0 Å². The maximum Gasteiger partial charge on any atom is 0.0569 e. The van der Waals surface area contributed by atoms with Crippen LogP contribution in [0.4, 0.5) is 0 Å². The highest BCUT2D eigenvalue weighted by Gasteiger charge is 1.94. The van der Waals surface area contributed by atoms with Crippen molar-refractivity contribution in [3.63, 3.8) is 0 Å². The Hall–Kier alpha value is 0.860. The largest absolute Gasteiger partial charge is 0.0654 e. The minimum absolute atomic E-state index is 0.836. The van der Waals surface area contributed by atoms with Gasteiger partial charge in [0.05, 0.1) is 6.16 Å². The van der Waals surface area contributed by atoms with Crippen molar-refractivity contribution in [2.45, 2.75) is 52.4 Å². The van der Waals surface area contributed by atoms with Gasteiger partial charge in [-0.05, 0) is 19.0 Å². The van der Waals surface area contributed by atoms with Crippen molar-refractivity contribution < 1.29 is 0 Å². The lowest BCUT2D eigenvalue weighted by Crippen LogP contribution is -1.77. The Morgan fingerprint density at radius 3 is 2.33 bits per heavy atom. The van der Waals surface area contributed by atoms with Crippen LogP contribution < -0.4 is 0 Å². The maximum atomic E-state index is 2.30. The Balaban J connectivity index is 2.73. The van der Waals surface area contributed by atoms with E-state index in [-0.39, 0.29) is 0 Å². The fraction of sp³-hybridized carbons (Fsp3) is 1.00. The van der Waals surface area contributed by atoms with E-state index in [0.717, 1.165) is 8.27 Å². The van der Waals surface area contributed by atoms with E-state index in [1.165, 1.54) is 46.8 Å². The van der Waals surface area contributed by atoms with Gasteiger partial charge in [0.2, 0.25) is 0 Å². The molecular formula is C10H25P2+. The molecule has 0 aromatic heterocycles. The summed E-state index contributed by atoms with van der Waals surface area (Å²) in [6.45, 7) is 4.58. The average molecular weight is 207 g/mol. The SMILES string of the molecule is CCCCCCP[PH2+]CCCC. The zero-order valence-corrected chi connectivity index (χ0v) is 10.9. The van der Waals surface area contributed by atoms with Crippen LogP contribution in [0, 0.1) is 0 Å². The first kappa shape index (κ1) is 12.9. The van der Waals surface area contributed by atoms with Gasteiger partial charge in [0, 0.05) is 16.5 Å². The molecule has 0 saturated heterocycles. The minimum atomic E-state index is 0.836. The summed E-state index contributed by atoms with van der Waals surface area (Å²) in [7, 11) is 2.17. The van der Waals surface area contributed by atoms with Gasteiger partial charge in [-0.2, -0.15) is 0 Å². The third-order valence-electron chi connectivity index (χ3n) is 2.02. The zero-order valence-electron chi connectivity index (χ0n) is 8.73. The monoisotopic (exact) mass is 207 g/mol. The molecule has 0 aromatic rings. The normalized spacial score (nSPS) is 12.5. The molecule has 0 rings (SSSR count). The van der Waals surface area contributed by atoms with Crippen LogP contribution in [-0.4, -0.2) is 12.3 Å². The second-order valence-electron chi connectivity index (χ2n) is 3.36. The lowest BCUT2D eigenvalue weighted by atomic mass is 10.2. The Morgan fingerprint density at radius 2 is 1.67 bits per heavy atom. The molecule has 0 bridgehead atoms. The molecule has 0 nitrogen and oxygen atoms in total. The second-order valence-corrected chi connectivity index (χ2v) is 7.70. The van der Waals surface area contributed by atoms with E-state index in [1.807, 2.05) is 0 Å². The molecule has 2 atom stereocenters. The highest BCUT2D eigenvalue weighted by Crippen LogP contribution is 2.37. The van der Waals surface area contributed by atoms with Crippen LogP contribution >= 0.6 is 16.5 Å². The van der Waals surface area contributed by atoms with Gasteiger partial charge in [0.15, 0.2) is 0 Å². The highest BCUT2D eigenvalue weighted by atomic mass is 32.0. The lowest BCUT2D eigenvalue weighted by Gasteiger charge is -1.96. The smallest absolute Gasteiger partial charge is 0.0569 e. The molecule has 0 amide bonds. The third kappa shape index (κ3) is 10.9. The topological polar surface area (TPSA) is 0 Å². The quantitative estimate of drug-likeness (QED) is 0.389. The van der Waals surface area contributed by atoms with Gasteiger partial charge in [-0.3, -0.25) is 0 Å². The number of hydrogen-bond donors (Lipinski definition) is 0. The molecule has 0 saturated carbocycles. The van der Waals surface area contributed by atoms with Gasteiger partial charge in [-0.1, -0.05) is 39.5 Å². The highest BCUT2D eigenvalue weighted by molar-refractivity contribution is 8.11. The van der Waals surface area contributed by atoms with Gasteiger partial charge in [0.25, 0.3) is 0 Å². The van der Waals surface area contributed by atoms with Crippen LogP contribution in [0.15, 0.2) is 0 Å². The second kappa shape index (κ2) is 11.9. The van der Waals surface area contributed by atoms with Crippen molar-refractivity contribution >= 4 is 16.5 Å². The molecule has 0 aliphatic carbocycles. The lowest BCUT2D eigenvalue weighted by molar-refractivity contribution is 0.706. The first-order chi connectivity index (χ1) is 5.91. The van der Waals surface area contributed by atoms with E-state index in [9.17, 15) is 0 Å².